The van der Waals surface area contributed by atoms with Gasteiger partial charge in [-0.2, -0.15) is 0 Å². The molecule has 110 valence electrons. The van der Waals surface area contributed by atoms with Gasteiger partial charge in [-0.25, -0.2) is 4.79 Å². The van der Waals surface area contributed by atoms with E-state index in [0.717, 1.165) is 24.0 Å². The third-order valence-electron chi connectivity index (χ3n) is 5.60. The lowest BCUT2D eigenvalue weighted by Crippen LogP contribution is -2.46. The van der Waals surface area contributed by atoms with Crippen molar-refractivity contribution in [3.05, 3.63) is 24.3 Å². The Morgan fingerprint density at radius 1 is 1.45 bits per heavy atom. The second-order valence-electron chi connectivity index (χ2n) is 6.60. The number of carbonyl (C=O) groups is 1. The molecule has 1 saturated heterocycles. The van der Waals surface area contributed by atoms with Crippen LogP contribution >= 0.6 is 0 Å². The average molecular weight is 278 g/mol. The Balaban J connectivity index is 2.02. The first kappa shape index (κ1) is 13.8. The molecule has 3 aliphatic rings. The van der Waals surface area contributed by atoms with Crippen LogP contribution in [0.4, 0.5) is 0 Å². The molecule has 3 rings (SSSR count). The Bertz CT molecular complexity index is 483. The van der Waals surface area contributed by atoms with Crippen molar-refractivity contribution in [1.82, 2.24) is 0 Å². The predicted molar refractivity (Wildman–Crippen MR) is 73.7 cm³/mol. The lowest BCUT2D eigenvalue weighted by atomic mass is 9.77. The van der Waals surface area contributed by atoms with E-state index in [-0.39, 0.29) is 23.9 Å². The smallest absolute Gasteiger partial charge is 0.341 e. The standard InChI is InChI=1S/C16H22O4/c1-8-4-5-12-14(20-15(18)16(12,19)7-17)13-10(3)9(2)6-11(8)13/h9,11-14,17,19H,1,3-7H2,2H3. The Morgan fingerprint density at radius 3 is 2.80 bits per heavy atom. The fraction of sp³-hybridized carbons (Fsp3) is 0.688. The van der Waals surface area contributed by atoms with E-state index in [9.17, 15) is 15.0 Å². The molecule has 1 aliphatic heterocycles. The molecule has 20 heavy (non-hydrogen) atoms. The number of aliphatic hydroxyl groups excluding tert-OH is 1. The first-order valence-electron chi connectivity index (χ1n) is 7.30. The normalized spacial score (nSPS) is 47.8. The summed E-state index contributed by atoms with van der Waals surface area (Å²) in [5.41, 5.74) is 0.487. The number of rotatable bonds is 1. The molecule has 0 bridgehead atoms. The molecule has 0 radical (unpaired) electrons. The third-order valence-corrected chi connectivity index (χ3v) is 5.60. The summed E-state index contributed by atoms with van der Waals surface area (Å²) in [7, 11) is 0. The molecule has 0 amide bonds. The van der Waals surface area contributed by atoms with Crippen molar-refractivity contribution in [2.75, 3.05) is 6.61 Å². The van der Waals surface area contributed by atoms with Crippen molar-refractivity contribution in [2.45, 2.75) is 37.9 Å². The highest BCUT2D eigenvalue weighted by atomic mass is 16.6. The molecule has 0 aromatic heterocycles. The zero-order valence-corrected chi connectivity index (χ0v) is 11.8. The summed E-state index contributed by atoms with van der Waals surface area (Å²) in [6.45, 7) is 9.91. The summed E-state index contributed by atoms with van der Waals surface area (Å²) < 4.78 is 5.48. The highest BCUT2D eigenvalue weighted by Gasteiger charge is 2.61. The zero-order chi connectivity index (χ0) is 14.7. The average Bonchev–Trinajstić information content (AvgIpc) is 2.79. The number of fused-ring (bicyclic) bond motifs is 3. The number of ether oxygens (including phenoxy) is 1. The van der Waals surface area contributed by atoms with Crippen LogP contribution < -0.4 is 0 Å². The molecule has 4 nitrogen and oxygen atoms in total. The molecular formula is C16H22O4. The number of hydrogen-bond acceptors (Lipinski definition) is 4. The SMILES string of the molecule is C=C1CCC2C(OC(=O)C2(O)CO)C2C(=C)C(C)CC12. The lowest BCUT2D eigenvalue weighted by Gasteiger charge is -2.28. The van der Waals surface area contributed by atoms with Crippen LogP contribution in [0.1, 0.15) is 26.2 Å². The van der Waals surface area contributed by atoms with E-state index in [4.69, 9.17) is 4.74 Å². The van der Waals surface area contributed by atoms with Gasteiger partial charge in [0.2, 0.25) is 0 Å². The Kier molecular flexibility index (Phi) is 3.07. The van der Waals surface area contributed by atoms with E-state index < -0.39 is 18.2 Å². The summed E-state index contributed by atoms with van der Waals surface area (Å²) in [6, 6.07) is 0. The van der Waals surface area contributed by atoms with Crippen LogP contribution in [0.2, 0.25) is 0 Å². The zero-order valence-electron chi connectivity index (χ0n) is 11.8. The van der Waals surface area contributed by atoms with Crippen LogP contribution in [0, 0.1) is 23.7 Å². The summed E-state index contributed by atoms with van der Waals surface area (Å²) in [6.07, 6.45) is 2.00. The highest BCUT2D eigenvalue weighted by Crippen LogP contribution is 2.54. The van der Waals surface area contributed by atoms with Crippen LogP contribution in [0.5, 0.6) is 0 Å². The van der Waals surface area contributed by atoms with E-state index in [1.165, 1.54) is 0 Å². The fourth-order valence-electron chi connectivity index (χ4n) is 4.29. The van der Waals surface area contributed by atoms with Crippen LogP contribution in [0.15, 0.2) is 24.3 Å². The molecule has 3 fully saturated rings. The van der Waals surface area contributed by atoms with Crippen LogP contribution in [-0.4, -0.2) is 34.5 Å². The first-order chi connectivity index (χ1) is 9.40. The van der Waals surface area contributed by atoms with E-state index in [1.54, 1.807) is 0 Å². The minimum absolute atomic E-state index is 0.0366. The lowest BCUT2D eigenvalue weighted by molar-refractivity contribution is -0.159. The molecule has 6 unspecified atom stereocenters. The topological polar surface area (TPSA) is 66.8 Å². The predicted octanol–water partition coefficient (Wildman–Crippen LogP) is 1.43. The Morgan fingerprint density at radius 2 is 2.15 bits per heavy atom. The van der Waals surface area contributed by atoms with Crippen LogP contribution in [-0.2, 0) is 9.53 Å². The van der Waals surface area contributed by atoms with E-state index >= 15 is 0 Å². The van der Waals surface area contributed by atoms with Gasteiger partial charge in [0.15, 0.2) is 5.60 Å². The maximum atomic E-state index is 12.0. The summed E-state index contributed by atoms with van der Waals surface area (Å²) >= 11 is 0. The number of allylic oxidation sites excluding steroid dienone is 1. The van der Waals surface area contributed by atoms with Crippen LogP contribution in [0.25, 0.3) is 0 Å². The van der Waals surface area contributed by atoms with Gasteiger partial charge in [-0.3, -0.25) is 0 Å². The molecule has 0 aromatic carbocycles. The molecule has 6 atom stereocenters. The summed E-state index contributed by atoms with van der Waals surface area (Å²) in [4.78, 5) is 12.0. The maximum absolute atomic E-state index is 12.0. The molecule has 2 saturated carbocycles. The molecule has 1 heterocycles. The number of aliphatic hydroxyl groups is 2. The fourth-order valence-corrected chi connectivity index (χ4v) is 4.29. The van der Waals surface area contributed by atoms with Gasteiger partial charge in [0.05, 0.1) is 6.61 Å². The van der Waals surface area contributed by atoms with Crippen molar-refractivity contribution in [3.63, 3.8) is 0 Å². The quantitative estimate of drug-likeness (QED) is 0.562. The largest absolute Gasteiger partial charge is 0.459 e. The third kappa shape index (κ3) is 1.64. The number of esters is 1. The van der Waals surface area contributed by atoms with Crippen molar-refractivity contribution in [1.29, 1.82) is 0 Å². The van der Waals surface area contributed by atoms with E-state index in [2.05, 4.69) is 20.1 Å². The second-order valence-corrected chi connectivity index (χ2v) is 6.60. The van der Waals surface area contributed by atoms with Crippen molar-refractivity contribution >= 4 is 5.97 Å². The van der Waals surface area contributed by atoms with Gasteiger partial charge in [-0.15, -0.1) is 0 Å². The summed E-state index contributed by atoms with van der Waals surface area (Å²) in [5, 5.41) is 19.9. The maximum Gasteiger partial charge on any atom is 0.341 e. The van der Waals surface area contributed by atoms with E-state index in [1.807, 2.05) is 0 Å². The monoisotopic (exact) mass is 278 g/mol. The summed E-state index contributed by atoms with van der Waals surface area (Å²) in [5.74, 6) is -0.361. The molecule has 0 aromatic rings. The van der Waals surface area contributed by atoms with Crippen molar-refractivity contribution in [3.8, 4) is 0 Å². The molecule has 2 N–H and O–H groups in total. The van der Waals surface area contributed by atoms with Gasteiger partial charge in [0.1, 0.15) is 6.10 Å². The van der Waals surface area contributed by atoms with Crippen molar-refractivity contribution in [2.24, 2.45) is 23.7 Å². The van der Waals surface area contributed by atoms with Gasteiger partial charge in [-0.05, 0) is 31.1 Å². The van der Waals surface area contributed by atoms with Crippen molar-refractivity contribution < 1.29 is 19.7 Å². The minimum Gasteiger partial charge on any atom is -0.459 e. The Hall–Kier alpha value is -1.13. The van der Waals surface area contributed by atoms with Gasteiger partial charge in [0, 0.05) is 11.8 Å². The number of hydrogen-bond donors (Lipinski definition) is 2. The van der Waals surface area contributed by atoms with Gasteiger partial charge in [-0.1, -0.05) is 31.2 Å². The van der Waals surface area contributed by atoms with E-state index in [0.29, 0.717) is 12.3 Å². The minimum atomic E-state index is -1.76. The highest BCUT2D eigenvalue weighted by molar-refractivity contribution is 5.82. The molecule has 4 heteroatoms. The molecule has 0 spiro atoms. The van der Waals surface area contributed by atoms with Gasteiger partial charge in [0.25, 0.3) is 0 Å². The van der Waals surface area contributed by atoms with Gasteiger partial charge >= 0.3 is 5.97 Å². The number of carbonyl (C=O) groups excluding carboxylic acids is 1. The molecular weight excluding hydrogens is 256 g/mol. The Labute approximate surface area is 119 Å². The van der Waals surface area contributed by atoms with Crippen LogP contribution in [0.3, 0.4) is 0 Å². The second kappa shape index (κ2) is 4.43. The molecule has 2 aliphatic carbocycles. The van der Waals surface area contributed by atoms with Gasteiger partial charge < -0.3 is 14.9 Å². The first-order valence-corrected chi connectivity index (χ1v) is 7.30.